The Morgan fingerprint density at radius 3 is 1.23 bits per heavy atom. The Morgan fingerprint density at radius 2 is 1.23 bits per heavy atom. The van der Waals surface area contributed by atoms with Crippen LogP contribution in [0.3, 0.4) is 0 Å². The lowest BCUT2D eigenvalue weighted by molar-refractivity contribution is -0.415. The first-order valence-electron chi connectivity index (χ1n) is 2.25. The van der Waals surface area contributed by atoms with Gasteiger partial charge in [0.1, 0.15) is 0 Å². The van der Waals surface area contributed by atoms with Crippen molar-refractivity contribution in [1.82, 2.24) is 0 Å². The third-order valence-corrected chi connectivity index (χ3v) is 0.415. The average Bonchev–Trinajstić information content (AvgIpc) is 1.82. The number of carboxylic acid groups (broad SMARTS) is 2. The molecule has 0 rings (SSSR count). The lowest BCUT2D eigenvalue weighted by Crippen LogP contribution is -2.37. The summed E-state index contributed by atoms with van der Waals surface area (Å²) in [6.45, 7) is 0. The van der Waals surface area contributed by atoms with Crippen molar-refractivity contribution in [3.05, 3.63) is 11.9 Å². The molecule has 0 aliphatic heterocycles. The highest BCUT2D eigenvalue weighted by atomic mass is 19.4. The summed E-state index contributed by atoms with van der Waals surface area (Å²) in [6.07, 6.45) is -11.2. The first kappa shape index (κ1) is 14.1. The van der Waals surface area contributed by atoms with Gasteiger partial charge in [0.25, 0.3) is 5.83 Å². The quantitative estimate of drug-likeness (QED) is 0.535. The van der Waals surface area contributed by atoms with Crippen LogP contribution in [0.4, 0.5) is 31.1 Å². The van der Waals surface area contributed by atoms with Crippen LogP contribution in [0.1, 0.15) is 0 Å². The van der Waals surface area contributed by atoms with Crippen LogP contribution in [0.25, 0.3) is 0 Å². The highest BCUT2D eigenvalue weighted by Gasteiger charge is 2.38. The second kappa shape index (κ2) is 5.27. The van der Waals surface area contributed by atoms with Gasteiger partial charge in [0.15, 0.2) is 0 Å². The van der Waals surface area contributed by atoms with E-state index in [-0.39, 0.29) is 0 Å². The summed E-state index contributed by atoms with van der Waals surface area (Å²) in [5.74, 6) is -3.33. The molecule has 9 heteroatoms. The van der Waals surface area contributed by atoms with Gasteiger partial charge >= 0.3 is 12.3 Å². The van der Waals surface area contributed by atoms with E-state index in [2.05, 4.69) is 0 Å². The number of allylic oxidation sites excluding steroid dienone is 1. The molecule has 13 heavy (non-hydrogen) atoms. The number of hydrogen-bond acceptors (Lipinski definition) is 3. The summed E-state index contributed by atoms with van der Waals surface area (Å²) in [6, 6.07) is 0. The van der Waals surface area contributed by atoms with Crippen LogP contribution in [0, 0.1) is 0 Å². The molecule has 0 aliphatic rings. The van der Waals surface area contributed by atoms with E-state index < -0.39 is 24.2 Å². The molecule has 0 spiro atoms. The van der Waals surface area contributed by atoms with E-state index in [9.17, 15) is 26.3 Å². The first-order valence-corrected chi connectivity index (χ1v) is 2.25. The third kappa shape index (κ3) is 10.6. The summed E-state index contributed by atoms with van der Waals surface area (Å²) < 4.78 is 64.8. The van der Waals surface area contributed by atoms with Gasteiger partial charge in [-0.2, -0.15) is 26.3 Å². The second-order valence-corrected chi connectivity index (χ2v) is 1.32. The van der Waals surface area contributed by atoms with E-state index in [1.165, 1.54) is 0 Å². The molecule has 0 radical (unpaired) electrons. The molecule has 0 fully saturated rings. The van der Waals surface area contributed by atoms with Crippen LogP contribution in [0.15, 0.2) is 11.9 Å². The molecule has 0 aliphatic carbocycles. The van der Waals surface area contributed by atoms with Crippen LogP contribution in [0.2, 0.25) is 0 Å². The summed E-state index contributed by atoms with van der Waals surface area (Å²) in [4.78, 5) is 8.33. The molecule has 0 atom stereocenters. The van der Waals surface area contributed by atoms with Crippen LogP contribution in [-0.4, -0.2) is 12.3 Å². The molecule has 0 aromatic rings. The Morgan fingerprint density at radius 1 is 1.00 bits per heavy atom. The van der Waals surface area contributed by atoms with Crippen molar-refractivity contribution in [3.63, 3.8) is 0 Å². The van der Waals surface area contributed by atoms with Crippen molar-refractivity contribution in [3.8, 4) is 0 Å². The van der Waals surface area contributed by atoms with Crippen molar-refractivity contribution in [2.24, 2.45) is 0 Å². The highest BCUT2D eigenvalue weighted by Crippen LogP contribution is 2.29. The molecule has 0 saturated heterocycles. The van der Waals surface area contributed by atoms with E-state index >= 15 is 0 Å². The van der Waals surface area contributed by atoms with Gasteiger partial charge < -0.3 is 15.0 Å². The number of carbonyl (C=O) groups excluding carboxylic acids is 1. The van der Waals surface area contributed by atoms with Crippen LogP contribution < -0.4 is 10.2 Å². The highest BCUT2D eigenvalue weighted by molar-refractivity contribution is 5.47. The Hall–Kier alpha value is -1.41. The smallest absolute Gasteiger partial charge is 0.448 e. The summed E-state index contributed by atoms with van der Waals surface area (Å²) >= 11 is 0. The zero-order valence-electron chi connectivity index (χ0n) is 5.49. The molecular formula is C4F6O3-2. The van der Waals surface area contributed by atoms with E-state index in [4.69, 9.17) is 15.0 Å². The minimum atomic E-state index is -5.56. The molecule has 0 bridgehead atoms. The fraction of sp³-hybridized carbons (Fsp3) is 0.250. The van der Waals surface area contributed by atoms with Gasteiger partial charge in [-0.3, -0.25) is 0 Å². The van der Waals surface area contributed by atoms with E-state index in [0.29, 0.717) is 0 Å². The van der Waals surface area contributed by atoms with Crippen molar-refractivity contribution in [2.75, 3.05) is 0 Å². The summed E-state index contributed by atoms with van der Waals surface area (Å²) in [5.41, 5.74) is 0. The van der Waals surface area contributed by atoms with Gasteiger partial charge in [0, 0.05) is 0 Å². The predicted octanol–water partition coefficient (Wildman–Crippen LogP) is 0.179. The lowest BCUT2D eigenvalue weighted by atomic mass is 10.6. The molecule has 0 aromatic heterocycles. The SMILES string of the molecule is FC(F)=C(F)C(F)(F)F.O=C([O-])[O-]. The van der Waals surface area contributed by atoms with Crippen molar-refractivity contribution in [1.29, 1.82) is 0 Å². The predicted molar refractivity (Wildman–Crippen MR) is 21.8 cm³/mol. The summed E-state index contributed by atoms with van der Waals surface area (Å²) in [5, 5.41) is 16.7. The zero-order valence-corrected chi connectivity index (χ0v) is 5.49. The number of halogens is 6. The van der Waals surface area contributed by atoms with Crippen molar-refractivity contribution in [2.45, 2.75) is 6.18 Å². The summed E-state index contributed by atoms with van der Waals surface area (Å²) in [7, 11) is 0. The minimum Gasteiger partial charge on any atom is -0.652 e. The largest absolute Gasteiger partial charge is 0.652 e. The number of hydrogen-bond donors (Lipinski definition) is 0. The number of carbonyl (C=O) groups is 1. The van der Waals surface area contributed by atoms with E-state index in [0.717, 1.165) is 0 Å². The molecule has 0 saturated carbocycles. The average molecular weight is 210 g/mol. The van der Waals surface area contributed by atoms with Gasteiger partial charge in [-0.15, -0.1) is 0 Å². The molecule has 0 heterocycles. The van der Waals surface area contributed by atoms with Gasteiger partial charge in [-0.1, -0.05) is 0 Å². The van der Waals surface area contributed by atoms with Crippen LogP contribution in [-0.2, 0) is 0 Å². The number of alkyl halides is 3. The van der Waals surface area contributed by atoms with Crippen molar-refractivity contribution < 1.29 is 41.4 Å². The Bertz CT molecular complexity index is 198. The first-order chi connectivity index (χ1) is 5.59. The normalized spacial score (nSPS) is 9.69. The Balaban J connectivity index is 0. The molecule has 3 nitrogen and oxygen atoms in total. The Labute approximate surface area is 66.9 Å². The second-order valence-electron chi connectivity index (χ2n) is 1.32. The molecule has 0 aromatic carbocycles. The lowest BCUT2D eigenvalue weighted by Gasteiger charge is -1.98. The van der Waals surface area contributed by atoms with E-state index in [1.807, 2.05) is 0 Å². The zero-order chi connectivity index (χ0) is 11.2. The molecule has 78 valence electrons. The standard InChI is InChI=1S/C3F6.CH2O3/c4-1(2(5)6)3(7,8)9;2-1(3)4/h;(H2,2,3,4)/p-2. The van der Waals surface area contributed by atoms with Crippen LogP contribution >= 0.6 is 0 Å². The molecule has 0 N–H and O–H groups in total. The van der Waals surface area contributed by atoms with Gasteiger partial charge in [0.2, 0.25) is 0 Å². The fourth-order valence-electron chi connectivity index (χ4n) is 0.107. The number of rotatable bonds is 0. The van der Waals surface area contributed by atoms with Gasteiger partial charge in [-0.05, 0) is 6.16 Å². The van der Waals surface area contributed by atoms with Gasteiger partial charge in [-0.25, -0.2) is 0 Å². The Kier molecular flexibility index (Phi) is 5.73. The van der Waals surface area contributed by atoms with Crippen molar-refractivity contribution >= 4 is 6.16 Å². The maximum atomic E-state index is 11.0. The van der Waals surface area contributed by atoms with E-state index in [1.54, 1.807) is 0 Å². The van der Waals surface area contributed by atoms with Crippen LogP contribution in [0.5, 0.6) is 0 Å². The maximum absolute atomic E-state index is 11.0. The van der Waals surface area contributed by atoms with Gasteiger partial charge in [0.05, 0.1) is 0 Å². The maximum Gasteiger partial charge on any atom is 0.448 e. The monoisotopic (exact) mass is 210 g/mol. The third-order valence-electron chi connectivity index (χ3n) is 0.415. The molecule has 0 amide bonds. The molecular weight excluding hydrogens is 210 g/mol. The topological polar surface area (TPSA) is 63.2 Å². The fourth-order valence-corrected chi connectivity index (χ4v) is 0.107. The molecule has 0 unspecified atom stereocenters. The minimum absolute atomic E-state index is 2.33.